The van der Waals surface area contributed by atoms with E-state index in [1.54, 1.807) is 0 Å². The molecular formula is C15H30N2O. The zero-order valence-corrected chi connectivity index (χ0v) is 11.9. The van der Waals surface area contributed by atoms with Crippen molar-refractivity contribution in [1.29, 1.82) is 0 Å². The lowest BCUT2D eigenvalue weighted by molar-refractivity contribution is -0.122. The van der Waals surface area contributed by atoms with Gasteiger partial charge in [0.1, 0.15) is 0 Å². The van der Waals surface area contributed by atoms with E-state index in [2.05, 4.69) is 12.2 Å². The van der Waals surface area contributed by atoms with Gasteiger partial charge in [-0.1, -0.05) is 45.4 Å². The predicted molar refractivity (Wildman–Crippen MR) is 76.3 cm³/mol. The zero-order chi connectivity index (χ0) is 13.2. The molecule has 1 aliphatic rings. The summed E-state index contributed by atoms with van der Waals surface area (Å²) in [5.74, 6) is 0.815. The highest BCUT2D eigenvalue weighted by atomic mass is 16.1. The number of amides is 1. The van der Waals surface area contributed by atoms with Gasteiger partial charge in [-0.05, 0) is 25.2 Å². The molecule has 3 N–H and O–H groups in total. The van der Waals surface area contributed by atoms with Crippen molar-refractivity contribution in [1.82, 2.24) is 5.32 Å². The minimum absolute atomic E-state index is 0.201. The monoisotopic (exact) mass is 254 g/mol. The van der Waals surface area contributed by atoms with Gasteiger partial charge in [-0.15, -0.1) is 0 Å². The second kappa shape index (κ2) is 9.37. The van der Waals surface area contributed by atoms with E-state index in [0.717, 1.165) is 6.42 Å². The molecule has 1 atom stereocenters. The summed E-state index contributed by atoms with van der Waals surface area (Å²) in [7, 11) is 0. The minimum Gasteiger partial charge on any atom is -0.352 e. The average Bonchev–Trinajstić information content (AvgIpc) is 2.42. The van der Waals surface area contributed by atoms with Crippen LogP contribution < -0.4 is 11.1 Å². The number of carbonyl (C=O) groups excluding carboxylic acids is 1. The summed E-state index contributed by atoms with van der Waals surface area (Å²) >= 11 is 0. The van der Waals surface area contributed by atoms with Crippen LogP contribution in [-0.4, -0.2) is 18.5 Å². The van der Waals surface area contributed by atoms with E-state index in [-0.39, 0.29) is 11.9 Å². The lowest BCUT2D eigenvalue weighted by atomic mass is 9.84. The van der Waals surface area contributed by atoms with Gasteiger partial charge < -0.3 is 11.1 Å². The molecule has 0 radical (unpaired) electrons. The third-order valence-corrected chi connectivity index (χ3v) is 4.08. The molecule has 0 bridgehead atoms. The smallest absolute Gasteiger partial charge is 0.220 e. The van der Waals surface area contributed by atoms with Gasteiger partial charge in [-0.2, -0.15) is 0 Å². The first-order valence-corrected chi connectivity index (χ1v) is 7.77. The van der Waals surface area contributed by atoms with Crippen LogP contribution in [0.5, 0.6) is 0 Å². The molecule has 3 nitrogen and oxygen atoms in total. The molecule has 0 aromatic carbocycles. The molecule has 1 saturated carbocycles. The lowest BCUT2D eigenvalue weighted by Crippen LogP contribution is -2.45. The van der Waals surface area contributed by atoms with Crippen LogP contribution in [0.2, 0.25) is 0 Å². The van der Waals surface area contributed by atoms with Crippen molar-refractivity contribution < 1.29 is 4.79 Å². The van der Waals surface area contributed by atoms with Gasteiger partial charge in [0.25, 0.3) is 0 Å². The summed E-state index contributed by atoms with van der Waals surface area (Å²) in [6, 6.07) is 0.212. The van der Waals surface area contributed by atoms with Gasteiger partial charge in [-0.25, -0.2) is 0 Å². The molecule has 3 heteroatoms. The molecule has 0 saturated heterocycles. The fraction of sp³-hybridized carbons (Fsp3) is 0.933. The van der Waals surface area contributed by atoms with Gasteiger partial charge in [0, 0.05) is 19.0 Å². The largest absolute Gasteiger partial charge is 0.352 e. The number of unbranched alkanes of at least 4 members (excludes halogenated alkanes) is 3. The summed E-state index contributed by atoms with van der Waals surface area (Å²) in [5, 5.41) is 3.15. The van der Waals surface area contributed by atoms with Crippen molar-refractivity contribution in [3.8, 4) is 0 Å². The Labute approximate surface area is 112 Å². The molecule has 0 aliphatic heterocycles. The molecular weight excluding hydrogens is 224 g/mol. The van der Waals surface area contributed by atoms with Crippen LogP contribution in [-0.2, 0) is 4.79 Å². The SMILES string of the molecule is CCCCCCC(=O)NC(CN)C1CCCCC1. The first-order valence-electron chi connectivity index (χ1n) is 7.77. The van der Waals surface area contributed by atoms with E-state index < -0.39 is 0 Å². The van der Waals surface area contributed by atoms with Crippen LogP contribution in [0.4, 0.5) is 0 Å². The molecule has 1 amide bonds. The van der Waals surface area contributed by atoms with E-state index >= 15 is 0 Å². The third-order valence-electron chi connectivity index (χ3n) is 4.08. The van der Waals surface area contributed by atoms with Crippen molar-refractivity contribution >= 4 is 5.91 Å². The van der Waals surface area contributed by atoms with Crippen LogP contribution in [0.3, 0.4) is 0 Å². The fourth-order valence-electron chi connectivity index (χ4n) is 2.90. The van der Waals surface area contributed by atoms with Crippen LogP contribution in [0, 0.1) is 5.92 Å². The first kappa shape index (κ1) is 15.5. The van der Waals surface area contributed by atoms with Crippen LogP contribution >= 0.6 is 0 Å². The van der Waals surface area contributed by atoms with Gasteiger partial charge in [0.15, 0.2) is 0 Å². The summed E-state index contributed by atoms with van der Waals surface area (Å²) in [5.41, 5.74) is 5.81. The topological polar surface area (TPSA) is 55.1 Å². The molecule has 18 heavy (non-hydrogen) atoms. The maximum absolute atomic E-state index is 11.9. The van der Waals surface area contributed by atoms with Gasteiger partial charge >= 0.3 is 0 Å². The van der Waals surface area contributed by atoms with Crippen molar-refractivity contribution in [2.45, 2.75) is 77.2 Å². The molecule has 106 valence electrons. The maximum Gasteiger partial charge on any atom is 0.220 e. The highest BCUT2D eigenvalue weighted by Crippen LogP contribution is 2.26. The van der Waals surface area contributed by atoms with Crippen LogP contribution in [0.15, 0.2) is 0 Å². The number of nitrogens with two attached hydrogens (primary N) is 1. The Morgan fingerprint density at radius 1 is 1.22 bits per heavy atom. The second-order valence-electron chi connectivity index (χ2n) is 5.62. The van der Waals surface area contributed by atoms with E-state index in [4.69, 9.17) is 5.73 Å². The Bertz CT molecular complexity index is 225. The first-order chi connectivity index (χ1) is 8.77. The number of nitrogens with one attached hydrogen (secondary N) is 1. The van der Waals surface area contributed by atoms with Crippen molar-refractivity contribution in [3.05, 3.63) is 0 Å². The highest BCUT2D eigenvalue weighted by Gasteiger charge is 2.23. The normalized spacial score (nSPS) is 18.6. The van der Waals surface area contributed by atoms with Gasteiger partial charge in [0.2, 0.25) is 5.91 Å². The quantitative estimate of drug-likeness (QED) is 0.654. The lowest BCUT2D eigenvalue weighted by Gasteiger charge is -2.30. The Morgan fingerprint density at radius 3 is 2.56 bits per heavy atom. The van der Waals surface area contributed by atoms with Crippen molar-refractivity contribution in [3.63, 3.8) is 0 Å². The van der Waals surface area contributed by atoms with Crippen LogP contribution in [0.25, 0.3) is 0 Å². The van der Waals surface area contributed by atoms with Crippen molar-refractivity contribution in [2.24, 2.45) is 11.7 Å². The highest BCUT2D eigenvalue weighted by molar-refractivity contribution is 5.76. The Kier molecular flexibility index (Phi) is 8.06. The third kappa shape index (κ3) is 5.85. The van der Waals surface area contributed by atoms with Gasteiger partial charge in [-0.3, -0.25) is 4.79 Å². The molecule has 1 aliphatic carbocycles. The number of rotatable bonds is 8. The predicted octanol–water partition coefficient (Wildman–Crippen LogP) is 2.98. The minimum atomic E-state index is 0.201. The van der Waals surface area contributed by atoms with E-state index in [1.807, 2.05) is 0 Å². The standard InChI is InChI=1S/C15H30N2O/c1-2-3-4-8-11-15(18)17-14(12-16)13-9-6-5-7-10-13/h13-14H,2-12,16H2,1H3,(H,17,18). The Morgan fingerprint density at radius 2 is 1.94 bits per heavy atom. The van der Waals surface area contributed by atoms with E-state index in [0.29, 0.717) is 18.9 Å². The molecule has 1 rings (SSSR count). The maximum atomic E-state index is 11.9. The van der Waals surface area contributed by atoms with Crippen LogP contribution in [0.1, 0.15) is 71.1 Å². The number of hydrogen-bond donors (Lipinski definition) is 2. The summed E-state index contributed by atoms with van der Waals surface area (Å²) in [4.78, 5) is 11.9. The molecule has 0 aromatic rings. The van der Waals surface area contributed by atoms with E-state index in [1.165, 1.54) is 51.4 Å². The number of hydrogen-bond acceptors (Lipinski definition) is 2. The molecule has 0 heterocycles. The summed E-state index contributed by atoms with van der Waals surface area (Å²) in [6.45, 7) is 2.78. The molecule has 1 fully saturated rings. The Balaban J connectivity index is 2.22. The Hall–Kier alpha value is -0.570. The fourth-order valence-corrected chi connectivity index (χ4v) is 2.90. The average molecular weight is 254 g/mol. The van der Waals surface area contributed by atoms with Gasteiger partial charge in [0.05, 0.1) is 0 Å². The zero-order valence-electron chi connectivity index (χ0n) is 11.9. The summed E-state index contributed by atoms with van der Waals surface area (Å²) in [6.07, 6.45) is 11.7. The molecule has 0 spiro atoms. The number of carbonyl (C=O) groups is 1. The van der Waals surface area contributed by atoms with E-state index in [9.17, 15) is 4.79 Å². The molecule has 1 unspecified atom stereocenters. The molecule has 0 aromatic heterocycles. The second-order valence-corrected chi connectivity index (χ2v) is 5.62. The summed E-state index contributed by atoms with van der Waals surface area (Å²) < 4.78 is 0. The van der Waals surface area contributed by atoms with Crippen molar-refractivity contribution in [2.75, 3.05) is 6.54 Å².